The second kappa shape index (κ2) is 4.67. The Balaban J connectivity index is 2.40. The number of carbonyl (C=O) groups excluding carboxylic acids is 1. The molecule has 0 heterocycles. The van der Waals surface area contributed by atoms with E-state index in [1.807, 2.05) is 0 Å². The summed E-state index contributed by atoms with van der Waals surface area (Å²) in [5, 5.41) is 0. The van der Waals surface area contributed by atoms with Gasteiger partial charge in [0.2, 0.25) is 0 Å². The van der Waals surface area contributed by atoms with Crippen molar-refractivity contribution >= 4 is 27.4 Å². The summed E-state index contributed by atoms with van der Waals surface area (Å²) in [6.07, 6.45) is 0. The average Bonchev–Trinajstić information content (AvgIpc) is 2.28. The summed E-state index contributed by atoms with van der Waals surface area (Å²) in [7, 11) is 0. The van der Waals surface area contributed by atoms with E-state index < -0.39 is 5.82 Å². The number of halogens is 2. The van der Waals surface area contributed by atoms with Crippen molar-refractivity contribution in [3.05, 3.63) is 63.9 Å². The number of anilines is 1. The highest BCUT2D eigenvalue weighted by Crippen LogP contribution is 2.18. The van der Waals surface area contributed by atoms with Gasteiger partial charge in [0, 0.05) is 21.3 Å². The fourth-order valence-electron chi connectivity index (χ4n) is 1.49. The molecule has 2 aromatic rings. The van der Waals surface area contributed by atoms with Crippen molar-refractivity contribution in [2.75, 3.05) is 5.73 Å². The highest BCUT2D eigenvalue weighted by molar-refractivity contribution is 9.10. The molecule has 2 N–H and O–H groups in total. The van der Waals surface area contributed by atoms with Crippen LogP contribution in [0.2, 0.25) is 0 Å². The largest absolute Gasteiger partial charge is 0.399 e. The summed E-state index contributed by atoms with van der Waals surface area (Å²) < 4.78 is 13.7. The molecule has 4 heteroatoms. The van der Waals surface area contributed by atoms with Crippen molar-refractivity contribution in [3.63, 3.8) is 0 Å². The molecule has 0 saturated heterocycles. The maximum absolute atomic E-state index is 13.2. The lowest BCUT2D eigenvalue weighted by Gasteiger charge is -2.03. The van der Waals surface area contributed by atoms with Crippen LogP contribution in [0.25, 0.3) is 0 Å². The Morgan fingerprint density at radius 3 is 2.29 bits per heavy atom. The molecule has 86 valence electrons. The van der Waals surface area contributed by atoms with Crippen molar-refractivity contribution in [2.45, 2.75) is 0 Å². The molecular weight excluding hydrogens is 285 g/mol. The first-order valence-electron chi connectivity index (χ1n) is 4.92. The van der Waals surface area contributed by atoms with E-state index in [4.69, 9.17) is 5.73 Å². The Labute approximate surface area is 106 Å². The van der Waals surface area contributed by atoms with Crippen LogP contribution in [0.15, 0.2) is 46.9 Å². The van der Waals surface area contributed by atoms with E-state index in [1.54, 1.807) is 30.3 Å². The van der Waals surface area contributed by atoms with Crippen LogP contribution in [-0.2, 0) is 0 Å². The van der Waals surface area contributed by atoms with Gasteiger partial charge in [-0.3, -0.25) is 4.79 Å². The number of hydrogen-bond acceptors (Lipinski definition) is 2. The van der Waals surface area contributed by atoms with Crippen molar-refractivity contribution < 1.29 is 9.18 Å². The van der Waals surface area contributed by atoms with Gasteiger partial charge in [-0.2, -0.15) is 0 Å². The minimum Gasteiger partial charge on any atom is -0.399 e. The minimum absolute atomic E-state index is 0.231. The first kappa shape index (κ1) is 11.8. The quantitative estimate of drug-likeness (QED) is 0.681. The zero-order valence-electron chi connectivity index (χ0n) is 8.78. The number of carbonyl (C=O) groups is 1. The van der Waals surface area contributed by atoms with Crippen LogP contribution in [0.4, 0.5) is 10.1 Å². The highest BCUT2D eigenvalue weighted by Gasteiger charge is 2.10. The van der Waals surface area contributed by atoms with Crippen molar-refractivity contribution in [1.82, 2.24) is 0 Å². The summed E-state index contributed by atoms with van der Waals surface area (Å²) in [5.41, 5.74) is 6.91. The number of benzene rings is 2. The summed E-state index contributed by atoms with van der Waals surface area (Å²) in [5.74, 6) is -0.677. The number of hydrogen-bond donors (Lipinski definition) is 1. The molecule has 0 saturated carbocycles. The predicted octanol–water partition coefficient (Wildman–Crippen LogP) is 3.40. The Bertz CT molecular complexity index is 546. The maximum Gasteiger partial charge on any atom is 0.193 e. The molecule has 0 spiro atoms. The van der Waals surface area contributed by atoms with Gasteiger partial charge in [0.25, 0.3) is 0 Å². The molecule has 2 rings (SSSR count). The summed E-state index contributed by atoms with van der Waals surface area (Å²) >= 11 is 3.15. The monoisotopic (exact) mass is 293 g/mol. The van der Waals surface area contributed by atoms with E-state index in [0.29, 0.717) is 21.3 Å². The van der Waals surface area contributed by atoms with E-state index >= 15 is 0 Å². The molecule has 0 radical (unpaired) electrons. The SMILES string of the molecule is Nc1ccc(C(=O)c2cc(F)cc(Br)c2)cc1. The zero-order valence-corrected chi connectivity index (χ0v) is 10.4. The van der Waals surface area contributed by atoms with Crippen molar-refractivity contribution in [2.24, 2.45) is 0 Å². The molecule has 0 atom stereocenters. The molecule has 0 amide bonds. The Hall–Kier alpha value is -1.68. The fourth-order valence-corrected chi connectivity index (χ4v) is 1.95. The van der Waals surface area contributed by atoms with Crippen LogP contribution >= 0.6 is 15.9 Å². The molecular formula is C13H9BrFNO. The molecule has 0 aliphatic carbocycles. The average molecular weight is 294 g/mol. The second-order valence-corrected chi connectivity index (χ2v) is 4.52. The van der Waals surface area contributed by atoms with Crippen LogP contribution in [0.5, 0.6) is 0 Å². The molecule has 2 aromatic carbocycles. The Morgan fingerprint density at radius 2 is 1.71 bits per heavy atom. The first-order chi connectivity index (χ1) is 8.06. The van der Waals surface area contributed by atoms with E-state index in [1.165, 1.54) is 12.1 Å². The molecule has 0 bridgehead atoms. The van der Waals surface area contributed by atoms with Gasteiger partial charge in [-0.15, -0.1) is 0 Å². The van der Waals surface area contributed by atoms with Crippen LogP contribution < -0.4 is 5.73 Å². The van der Waals surface area contributed by atoms with Gasteiger partial charge in [-0.05, 0) is 42.5 Å². The molecule has 0 aromatic heterocycles. The minimum atomic E-state index is -0.446. The van der Waals surface area contributed by atoms with Crippen molar-refractivity contribution in [3.8, 4) is 0 Å². The standard InChI is InChI=1S/C13H9BrFNO/c14-10-5-9(6-11(15)7-10)13(17)8-1-3-12(16)4-2-8/h1-7H,16H2. The van der Waals surface area contributed by atoms with Gasteiger partial charge in [-0.25, -0.2) is 4.39 Å². The van der Waals surface area contributed by atoms with Crippen LogP contribution in [-0.4, -0.2) is 5.78 Å². The fraction of sp³-hybridized carbons (Fsp3) is 0. The Kier molecular flexibility index (Phi) is 3.24. The van der Waals surface area contributed by atoms with E-state index in [2.05, 4.69) is 15.9 Å². The molecule has 0 aliphatic heterocycles. The molecule has 17 heavy (non-hydrogen) atoms. The van der Waals surface area contributed by atoms with Crippen LogP contribution in [0.3, 0.4) is 0 Å². The van der Waals surface area contributed by atoms with Crippen molar-refractivity contribution in [1.29, 1.82) is 0 Å². The normalized spacial score (nSPS) is 10.2. The topological polar surface area (TPSA) is 43.1 Å². The lowest BCUT2D eigenvalue weighted by molar-refractivity contribution is 0.103. The van der Waals surface area contributed by atoms with Crippen LogP contribution in [0, 0.1) is 5.82 Å². The number of rotatable bonds is 2. The highest BCUT2D eigenvalue weighted by atomic mass is 79.9. The summed E-state index contributed by atoms with van der Waals surface area (Å²) in [6.45, 7) is 0. The van der Waals surface area contributed by atoms with Gasteiger partial charge in [0.05, 0.1) is 0 Å². The van der Waals surface area contributed by atoms with E-state index in [0.717, 1.165) is 0 Å². The summed E-state index contributed by atoms with van der Waals surface area (Å²) in [4.78, 5) is 12.0. The number of nitrogen functional groups attached to an aromatic ring is 1. The van der Waals surface area contributed by atoms with Gasteiger partial charge < -0.3 is 5.73 Å². The number of nitrogens with two attached hydrogens (primary N) is 1. The van der Waals surface area contributed by atoms with Crippen LogP contribution in [0.1, 0.15) is 15.9 Å². The van der Waals surface area contributed by atoms with Gasteiger partial charge in [0.1, 0.15) is 5.82 Å². The molecule has 0 aliphatic rings. The van der Waals surface area contributed by atoms with Gasteiger partial charge in [-0.1, -0.05) is 15.9 Å². The lowest BCUT2D eigenvalue weighted by Crippen LogP contribution is -2.02. The smallest absolute Gasteiger partial charge is 0.193 e. The van der Waals surface area contributed by atoms with Gasteiger partial charge >= 0.3 is 0 Å². The Morgan fingerprint density at radius 1 is 1.06 bits per heavy atom. The third kappa shape index (κ3) is 2.71. The molecule has 2 nitrogen and oxygen atoms in total. The lowest BCUT2D eigenvalue weighted by atomic mass is 10.0. The van der Waals surface area contributed by atoms with E-state index in [9.17, 15) is 9.18 Å². The van der Waals surface area contributed by atoms with E-state index in [-0.39, 0.29) is 5.78 Å². The molecule has 0 fully saturated rings. The first-order valence-corrected chi connectivity index (χ1v) is 5.72. The maximum atomic E-state index is 13.2. The molecule has 0 unspecified atom stereocenters. The number of ketones is 1. The van der Waals surface area contributed by atoms with Gasteiger partial charge in [0.15, 0.2) is 5.78 Å². The predicted molar refractivity (Wildman–Crippen MR) is 68.4 cm³/mol. The third-order valence-electron chi connectivity index (χ3n) is 2.30. The zero-order chi connectivity index (χ0) is 12.4. The summed E-state index contributed by atoms with van der Waals surface area (Å²) in [6, 6.07) is 10.6. The third-order valence-corrected chi connectivity index (χ3v) is 2.76. The second-order valence-electron chi connectivity index (χ2n) is 3.61.